The molecule has 2 atom stereocenters. The first kappa shape index (κ1) is 13.6. The third kappa shape index (κ3) is 3.77. The van der Waals surface area contributed by atoms with Gasteiger partial charge in [-0.3, -0.25) is 9.59 Å². The van der Waals surface area contributed by atoms with Gasteiger partial charge in [0.2, 0.25) is 5.91 Å². The lowest BCUT2D eigenvalue weighted by atomic mass is 9.99. The van der Waals surface area contributed by atoms with Crippen LogP contribution in [0.1, 0.15) is 32.6 Å². The largest absolute Gasteiger partial charge is 0.481 e. The van der Waals surface area contributed by atoms with Crippen LogP contribution < -0.4 is 0 Å². The first-order valence-corrected chi connectivity index (χ1v) is 6.00. The van der Waals surface area contributed by atoms with Crippen LogP contribution in [0.25, 0.3) is 0 Å². The summed E-state index contributed by atoms with van der Waals surface area (Å²) in [5.74, 6) is 1.42. The molecule has 0 aliphatic carbocycles. The van der Waals surface area contributed by atoms with Gasteiger partial charge in [-0.2, -0.15) is 0 Å². The van der Waals surface area contributed by atoms with Crippen LogP contribution in [0.3, 0.4) is 0 Å². The Morgan fingerprint density at radius 3 is 2.65 bits per heavy atom. The van der Waals surface area contributed by atoms with Gasteiger partial charge in [-0.05, 0) is 18.8 Å². The van der Waals surface area contributed by atoms with Crippen LogP contribution in [-0.2, 0) is 9.59 Å². The molecule has 1 saturated heterocycles. The highest BCUT2D eigenvalue weighted by atomic mass is 16.4. The summed E-state index contributed by atoms with van der Waals surface area (Å²) in [6, 6.07) is 0. The number of nitrogens with zero attached hydrogens (tertiary/aromatic N) is 1. The quantitative estimate of drug-likeness (QED) is 0.580. The van der Waals surface area contributed by atoms with Crippen molar-refractivity contribution in [1.82, 2.24) is 4.90 Å². The van der Waals surface area contributed by atoms with E-state index < -0.39 is 11.9 Å². The summed E-state index contributed by atoms with van der Waals surface area (Å²) in [6.07, 6.45) is 7.93. The number of hydrogen-bond donors (Lipinski definition) is 1. The molecule has 1 fully saturated rings. The maximum absolute atomic E-state index is 11.8. The molecule has 4 nitrogen and oxygen atoms in total. The summed E-state index contributed by atoms with van der Waals surface area (Å²) >= 11 is 0. The third-order valence-electron chi connectivity index (χ3n) is 3.24. The summed E-state index contributed by atoms with van der Waals surface area (Å²) in [7, 11) is 0. The SMILES string of the molecule is C#CCCCCC(=O)N1CC(C)C(C(=O)O)C1. The molecule has 0 bridgehead atoms. The van der Waals surface area contributed by atoms with Crippen molar-refractivity contribution in [3.63, 3.8) is 0 Å². The molecule has 94 valence electrons. The highest BCUT2D eigenvalue weighted by molar-refractivity contribution is 5.78. The van der Waals surface area contributed by atoms with Gasteiger partial charge in [0.15, 0.2) is 0 Å². The second kappa shape index (κ2) is 6.29. The van der Waals surface area contributed by atoms with Crippen LogP contribution in [0.5, 0.6) is 0 Å². The molecule has 1 aliphatic heterocycles. The zero-order chi connectivity index (χ0) is 12.8. The fourth-order valence-electron chi connectivity index (χ4n) is 2.15. The Hall–Kier alpha value is -1.50. The van der Waals surface area contributed by atoms with Crippen molar-refractivity contribution < 1.29 is 14.7 Å². The van der Waals surface area contributed by atoms with E-state index in [0.717, 1.165) is 12.8 Å². The second-order valence-electron chi connectivity index (χ2n) is 4.63. The molecule has 0 aromatic carbocycles. The first-order chi connectivity index (χ1) is 8.06. The Morgan fingerprint density at radius 1 is 1.41 bits per heavy atom. The molecule has 0 aromatic heterocycles. The lowest BCUT2D eigenvalue weighted by molar-refractivity contribution is -0.142. The van der Waals surface area contributed by atoms with Gasteiger partial charge in [-0.1, -0.05) is 6.92 Å². The zero-order valence-corrected chi connectivity index (χ0v) is 10.2. The average molecular weight is 237 g/mol. The van der Waals surface area contributed by atoms with E-state index in [2.05, 4.69) is 5.92 Å². The van der Waals surface area contributed by atoms with Crippen molar-refractivity contribution in [1.29, 1.82) is 0 Å². The van der Waals surface area contributed by atoms with Gasteiger partial charge in [0.25, 0.3) is 0 Å². The molecular weight excluding hydrogens is 218 g/mol. The Kier molecular flexibility index (Phi) is 5.02. The zero-order valence-electron chi connectivity index (χ0n) is 10.2. The topological polar surface area (TPSA) is 57.6 Å². The second-order valence-corrected chi connectivity index (χ2v) is 4.63. The summed E-state index contributed by atoms with van der Waals surface area (Å²) in [5, 5.41) is 8.97. The molecule has 0 aromatic rings. The number of carbonyl (C=O) groups is 2. The number of amides is 1. The molecule has 1 amide bonds. The minimum absolute atomic E-state index is 0.0437. The predicted molar refractivity (Wildman–Crippen MR) is 64.2 cm³/mol. The highest BCUT2D eigenvalue weighted by Crippen LogP contribution is 2.24. The fourth-order valence-corrected chi connectivity index (χ4v) is 2.15. The number of aliphatic carboxylic acids is 1. The first-order valence-electron chi connectivity index (χ1n) is 6.00. The maximum atomic E-state index is 11.8. The maximum Gasteiger partial charge on any atom is 0.308 e. The van der Waals surface area contributed by atoms with E-state index in [1.807, 2.05) is 6.92 Å². The fraction of sp³-hybridized carbons (Fsp3) is 0.692. The molecule has 4 heteroatoms. The predicted octanol–water partition coefficient (Wildman–Crippen LogP) is 1.36. The number of terminal acetylenes is 1. The Labute approximate surface area is 102 Å². The summed E-state index contributed by atoms with van der Waals surface area (Å²) in [5.41, 5.74) is 0. The molecule has 2 unspecified atom stereocenters. The van der Waals surface area contributed by atoms with E-state index in [1.165, 1.54) is 0 Å². The molecule has 1 heterocycles. The van der Waals surface area contributed by atoms with Crippen LogP contribution in [0, 0.1) is 24.2 Å². The van der Waals surface area contributed by atoms with Gasteiger partial charge in [0.1, 0.15) is 0 Å². The van der Waals surface area contributed by atoms with Crippen molar-refractivity contribution >= 4 is 11.9 Å². The van der Waals surface area contributed by atoms with Crippen LogP contribution >= 0.6 is 0 Å². The van der Waals surface area contributed by atoms with Crippen molar-refractivity contribution in [3.05, 3.63) is 0 Å². The molecule has 0 saturated carbocycles. The van der Waals surface area contributed by atoms with Gasteiger partial charge < -0.3 is 10.0 Å². The number of unbranched alkanes of at least 4 members (excludes halogenated alkanes) is 2. The minimum Gasteiger partial charge on any atom is -0.481 e. The smallest absolute Gasteiger partial charge is 0.308 e. The average Bonchev–Trinajstić information content (AvgIpc) is 2.66. The van der Waals surface area contributed by atoms with Gasteiger partial charge >= 0.3 is 5.97 Å². The summed E-state index contributed by atoms with van der Waals surface area (Å²) < 4.78 is 0. The van der Waals surface area contributed by atoms with E-state index in [1.54, 1.807) is 4.90 Å². The van der Waals surface area contributed by atoms with Gasteiger partial charge in [-0.15, -0.1) is 12.3 Å². The number of likely N-dealkylation sites (tertiary alicyclic amines) is 1. The number of rotatable bonds is 5. The van der Waals surface area contributed by atoms with E-state index in [-0.39, 0.29) is 11.8 Å². The van der Waals surface area contributed by atoms with E-state index in [0.29, 0.717) is 25.9 Å². The molecule has 1 rings (SSSR count). The number of carbonyl (C=O) groups excluding carboxylic acids is 1. The lowest BCUT2D eigenvalue weighted by Crippen LogP contribution is -2.29. The van der Waals surface area contributed by atoms with Crippen molar-refractivity contribution in [2.45, 2.75) is 32.6 Å². The number of hydrogen-bond acceptors (Lipinski definition) is 2. The Balaban J connectivity index is 2.35. The van der Waals surface area contributed by atoms with Crippen LogP contribution in [0.2, 0.25) is 0 Å². The number of carboxylic acids is 1. The lowest BCUT2D eigenvalue weighted by Gasteiger charge is -2.15. The van der Waals surface area contributed by atoms with Gasteiger partial charge in [0, 0.05) is 25.9 Å². The normalized spacial score (nSPS) is 23.4. The van der Waals surface area contributed by atoms with E-state index in [9.17, 15) is 9.59 Å². The van der Waals surface area contributed by atoms with Gasteiger partial charge in [0.05, 0.1) is 5.92 Å². The van der Waals surface area contributed by atoms with E-state index in [4.69, 9.17) is 11.5 Å². The monoisotopic (exact) mass is 237 g/mol. The molecule has 0 spiro atoms. The number of carboxylic acid groups (broad SMARTS) is 1. The van der Waals surface area contributed by atoms with Crippen LogP contribution in [0.15, 0.2) is 0 Å². The highest BCUT2D eigenvalue weighted by Gasteiger charge is 2.36. The minimum atomic E-state index is -0.805. The van der Waals surface area contributed by atoms with Crippen molar-refractivity contribution in [3.8, 4) is 12.3 Å². The molecule has 0 radical (unpaired) electrons. The molecule has 1 N–H and O–H groups in total. The molecule has 1 aliphatic rings. The summed E-state index contributed by atoms with van der Waals surface area (Å²) in [6.45, 7) is 2.79. The van der Waals surface area contributed by atoms with Crippen molar-refractivity contribution in [2.75, 3.05) is 13.1 Å². The van der Waals surface area contributed by atoms with Gasteiger partial charge in [-0.25, -0.2) is 0 Å². The van der Waals surface area contributed by atoms with Crippen LogP contribution in [0.4, 0.5) is 0 Å². The van der Waals surface area contributed by atoms with E-state index >= 15 is 0 Å². The Morgan fingerprint density at radius 2 is 2.12 bits per heavy atom. The van der Waals surface area contributed by atoms with Crippen LogP contribution in [-0.4, -0.2) is 35.0 Å². The third-order valence-corrected chi connectivity index (χ3v) is 3.24. The molecule has 17 heavy (non-hydrogen) atoms. The molecular formula is C13H19NO3. The van der Waals surface area contributed by atoms with Crippen molar-refractivity contribution in [2.24, 2.45) is 11.8 Å². The Bertz CT molecular complexity index is 332. The standard InChI is InChI=1S/C13H19NO3/c1-3-4-5-6-7-12(15)14-8-10(2)11(9-14)13(16)17/h1,10-11H,4-9H2,2H3,(H,16,17). The summed E-state index contributed by atoms with van der Waals surface area (Å²) in [4.78, 5) is 24.4.